The van der Waals surface area contributed by atoms with Crippen molar-refractivity contribution in [1.82, 2.24) is 9.29 Å². The van der Waals surface area contributed by atoms with Crippen molar-refractivity contribution in [3.8, 4) is 0 Å². The van der Waals surface area contributed by atoms with Crippen molar-refractivity contribution in [3.05, 3.63) is 89.5 Å². The van der Waals surface area contributed by atoms with Crippen LogP contribution in [0.15, 0.2) is 77.7 Å². The molecule has 0 radical (unpaired) electrons. The summed E-state index contributed by atoms with van der Waals surface area (Å²) in [6.07, 6.45) is 1.73. The maximum atomic E-state index is 13.7. The van der Waals surface area contributed by atoms with Gasteiger partial charge in [0.15, 0.2) is 5.13 Å². The summed E-state index contributed by atoms with van der Waals surface area (Å²) >= 11 is 1.48. The predicted molar refractivity (Wildman–Crippen MR) is 145 cm³/mol. The number of hydrogen-bond donors (Lipinski definition) is 0. The molecule has 1 aliphatic rings. The molecule has 0 atom stereocenters. The van der Waals surface area contributed by atoms with Crippen molar-refractivity contribution in [2.75, 3.05) is 18.0 Å². The fourth-order valence-electron chi connectivity index (χ4n) is 4.43. The number of benzene rings is 3. The second-order valence-corrected chi connectivity index (χ2v) is 12.4. The number of amides is 1. The lowest BCUT2D eigenvalue weighted by Gasteiger charge is -2.29. The average Bonchev–Trinajstić information content (AvgIpc) is 3.31. The Morgan fingerprint density at radius 1 is 1.03 bits per heavy atom. The molecule has 1 amide bonds. The van der Waals surface area contributed by atoms with Gasteiger partial charge in [-0.1, -0.05) is 54.7 Å². The highest BCUT2D eigenvalue weighted by Gasteiger charge is 2.29. The van der Waals surface area contributed by atoms with Crippen molar-refractivity contribution >= 4 is 42.6 Å². The molecule has 0 saturated carbocycles. The first-order valence-electron chi connectivity index (χ1n) is 12.1. The van der Waals surface area contributed by atoms with E-state index in [0.717, 1.165) is 34.2 Å². The van der Waals surface area contributed by atoms with Crippen LogP contribution in [0.25, 0.3) is 10.2 Å². The Hall–Kier alpha value is -3.07. The molecule has 0 spiro atoms. The van der Waals surface area contributed by atoms with Crippen LogP contribution in [-0.2, 0) is 16.6 Å². The van der Waals surface area contributed by atoms with Gasteiger partial charge in [0.1, 0.15) is 0 Å². The van der Waals surface area contributed by atoms with Gasteiger partial charge in [-0.25, -0.2) is 13.4 Å². The van der Waals surface area contributed by atoms with E-state index in [9.17, 15) is 13.2 Å². The topological polar surface area (TPSA) is 70.6 Å². The largest absolute Gasteiger partial charge is 0.279 e. The van der Waals surface area contributed by atoms with Gasteiger partial charge < -0.3 is 0 Å². The quantitative estimate of drug-likeness (QED) is 0.319. The van der Waals surface area contributed by atoms with Gasteiger partial charge in [0.05, 0.1) is 21.7 Å². The van der Waals surface area contributed by atoms with Gasteiger partial charge in [-0.3, -0.25) is 9.69 Å². The van der Waals surface area contributed by atoms with Crippen LogP contribution >= 0.6 is 11.3 Å². The lowest BCUT2D eigenvalue weighted by atomic mass is 10.0. The molecule has 0 aliphatic carbocycles. The number of carbonyl (C=O) groups is 1. The highest BCUT2D eigenvalue weighted by atomic mass is 32.2. The fraction of sp³-hybridized carbons (Fsp3) is 0.286. The van der Waals surface area contributed by atoms with Gasteiger partial charge in [-0.2, -0.15) is 4.31 Å². The molecule has 1 fully saturated rings. The summed E-state index contributed by atoms with van der Waals surface area (Å²) in [6.45, 7) is 5.62. The Kier molecular flexibility index (Phi) is 6.92. The van der Waals surface area contributed by atoms with Crippen molar-refractivity contribution in [1.29, 1.82) is 0 Å². The maximum Gasteiger partial charge on any atom is 0.260 e. The number of fused-ring (bicyclic) bond motifs is 1. The van der Waals surface area contributed by atoms with E-state index in [1.165, 1.54) is 11.3 Å². The predicted octanol–water partition coefficient (Wildman–Crippen LogP) is 5.87. The second kappa shape index (κ2) is 10.1. The van der Waals surface area contributed by atoms with Crippen LogP contribution in [0, 0.1) is 12.8 Å². The van der Waals surface area contributed by atoms with Crippen LogP contribution in [-0.4, -0.2) is 36.7 Å². The molecule has 0 N–H and O–H groups in total. The molecule has 5 rings (SSSR count). The number of piperidine rings is 1. The van der Waals surface area contributed by atoms with Crippen LogP contribution in [0.2, 0.25) is 0 Å². The van der Waals surface area contributed by atoms with Crippen LogP contribution in [0.4, 0.5) is 5.13 Å². The molecule has 0 unspecified atom stereocenters. The minimum absolute atomic E-state index is 0.217. The standard InChI is InChI=1S/C28H29N3O3S2/c1-20-14-16-30(17-15-20)36(33,34)24-11-9-23(10-12-24)27(32)31(19-22-6-4-3-5-7-22)28-29-25-13-8-21(2)18-26(25)35-28/h3-13,18,20H,14-17,19H2,1-2H3. The molecular weight excluding hydrogens is 490 g/mol. The van der Waals surface area contributed by atoms with E-state index in [1.807, 2.05) is 49.4 Å². The van der Waals surface area contributed by atoms with Crippen molar-refractivity contribution in [3.63, 3.8) is 0 Å². The molecule has 6 nitrogen and oxygen atoms in total. The van der Waals surface area contributed by atoms with E-state index in [4.69, 9.17) is 4.98 Å². The Labute approximate surface area is 216 Å². The third kappa shape index (κ3) is 5.07. The lowest BCUT2D eigenvalue weighted by molar-refractivity contribution is 0.0985. The molecular formula is C28H29N3O3S2. The summed E-state index contributed by atoms with van der Waals surface area (Å²) in [7, 11) is -3.57. The monoisotopic (exact) mass is 519 g/mol. The molecule has 8 heteroatoms. The molecule has 3 aromatic carbocycles. The number of anilines is 1. The maximum absolute atomic E-state index is 13.7. The van der Waals surface area contributed by atoms with E-state index >= 15 is 0 Å². The number of rotatable bonds is 6. The van der Waals surface area contributed by atoms with Gasteiger partial charge in [0, 0.05) is 18.7 Å². The van der Waals surface area contributed by atoms with Crippen molar-refractivity contribution in [2.24, 2.45) is 5.92 Å². The number of thiazole rings is 1. The normalized spacial score (nSPS) is 15.3. The minimum Gasteiger partial charge on any atom is -0.279 e. The zero-order valence-electron chi connectivity index (χ0n) is 20.4. The van der Waals surface area contributed by atoms with Crippen molar-refractivity contribution < 1.29 is 13.2 Å². The van der Waals surface area contributed by atoms with E-state index in [0.29, 0.717) is 36.2 Å². The summed E-state index contributed by atoms with van der Waals surface area (Å²) in [5.74, 6) is 0.323. The molecule has 0 bridgehead atoms. The van der Waals surface area contributed by atoms with E-state index in [1.54, 1.807) is 33.5 Å². The molecule has 1 saturated heterocycles. The van der Waals surface area contributed by atoms with Crippen LogP contribution in [0.1, 0.15) is 41.3 Å². The van der Waals surface area contributed by atoms with E-state index in [2.05, 4.69) is 13.0 Å². The first-order chi connectivity index (χ1) is 17.3. The Morgan fingerprint density at radius 2 is 1.72 bits per heavy atom. The molecule has 186 valence electrons. The number of aryl methyl sites for hydroxylation is 1. The average molecular weight is 520 g/mol. The first kappa shape index (κ1) is 24.6. The van der Waals surface area contributed by atoms with E-state index < -0.39 is 10.0 Å². The Bertz CT molecular complexity index is 1470. The van der Waals surface area contributed by atoms with Gasteiger partial charge in [-0.15, -0.1) is 0 Å². The SMILES string of the molecule is Cc1ccc2nc(N(Cc3ccccc3)C(=O)c3ccc(S(=O)(=O)N4CCC(C)CC4)cc3)sc2c1. The number of carbonyl (C=O) groups excluding carboxylic acids is 1. The van der Waals surface area contributed by atoms with Gasteiger partial charge >= 0.3 is 0 Å². The molecule has 1 aromatic heterocycles. The van der Waals surface area contributed by atoms with Gasteiger partial charge in [-0.05, 0) is 73.2 Å². The third-order valence-electron chi connectivity index (χ3n) is 6.67. The second-order valence-electron chi connectivity index (χ2n) is 9.46. The third-order valence-corrected chi connectivity index (χ3v) is 9.63. The molecule has 4 aromatic rings. The number of sulfonamides is 1. The van der Waals surface area contributed by atoms with Crippen molar-refractivity contribution in [2.45, 2.75) is 38.1 Å². The summed E-state index contributed by atoms with van der Waals surface area (Å²) in [5.41, 5.74) is 3.40. The minimum atomic E-state index is -3.57. The zero-order valence-corrected chi connectivity index (χ0v) is 22.1. The summed E-state index contributed by atoms with van der Waals surface area (Å²) in [4.78, 5) is 20.4. The van der Waals surface area contributed by atoms with Gasteiger partial charge in [0.2, 0.25) is 10.0 Å². The molecule has 1 aliphatic heterocycles. The fourth-order valence-corrected chi connectivity index (χ4v) is 6.96. The molecule has 2 heterocycles. The van der Waals surface area contributed by atoms with Crippen LogP contribution < -0.4 is 4.90 Å². The smallest absolute Gasteiger partial charge is 0.260 e. The number of hydrogen-bond acceptors (Lipinski definition) is 5. The van der Waals surface area contributed by atoms with Crippen LogP contribution in [0.5, 0.6) is 0 Å². The number of aromatic nitrogens is 1. The highest BCUT2D eigenvalue weighted by Crippen LogP contribution is 2.32. The number of nitrogens with zero attached hydrogens (tertiary/aromatic N) is 3. The van der Waals surface area contributed by atoms with Crippen LogP contribution in [0.3, 0.4) is 0 Å². The highest BCUT2D eigenvalue weighted by molar-refractivity contribution is 7.89. The Balaban J connectivity index is 1.45. The first-order valence-corrected chi connectivity index (χ1v) is 14.4. The summed E-state index contributed by atoms with van der Waals surface area (Å²) < 4.78 is 28.8. The van der Waals surface area contributed by atoms with Gasteiger partial charge in [0.25, 0.3) is 5.91 Å². The molecule has 36 heavy (non-hydrogen) atoms. The summed E-state index contributed by atoms with van der Waals surface area (Å²) in [5, 5.41) is 0.614. The summed E-state index contributed by atoms with van der Waals surface area (Å²) in [6, 6.07) is 22.1. The lowest BCUT2D eigenvalue weighted by Crippen LogP contribution is -2.37. The Morgan fingerprint density at radius 3 is 2.42 bits per heavy atom. The zero-order chi connectivity index (χ0) is 25.3. The van der Waals surface area contributed by atoms with E-state index in [-0.39, 0.29) is 10.8 Å².